The van der Waals surface area contributed by atoms with Crippen LogP contribution in [-0.4, -0.2) is 12.1 Å². The average Bonchev–Trinajstić information content (AvgIpc) is 3.26. The van der Waals surface area contributed by atoms with Crippen LogP contribution in [0.15, 0.2) is 60.7 Å². The van der Waals surface area contributed by atoms with E-state index < -0.39 is 0 Å². The van der Waals surface area contributed by atoms with E-state index >= 15 is 0 Å². The summed E-state index contributed by atoms with van der Waals surface area (Å²) in [7, 11) is 0. The highest BCUT2D eigenvalue weighted by molar-refractivity contribution is 5.68. The molecule has 0 bridgehead atoms. The first-order valence-electron chi connectivity index (χ1n) is 6.85. The standard InChI is InChI=1S/C17H17NO2/c19-17(20-12-13-7-3-1-4-8-13)18-16-11-15(16)14-9-5-2-6-10-14/h1-10,15-16H,11-12H2,(H,18,19)/t15-,16+/m0/s1. The van der Waals surface area contributed by atoms with E-state index in [0.29, 0.717) is 12.5 Å². The van der Waals surface area contributed by atoms with Crippen LogP contribution in [-0.2, 0) is 11.3 Å². The van der Waals surface area contributed by atoms with Gasteiger partial charge >= 0.3 is 6.09 Å². The van der Waals surface area contributed by atoms with Crippen molar-refractivity contribution in [2.75, 3.05) is 0 Å². The molecule has 0 aromatic heterocycles. The third kappa shape index (κ3) is 3.18. The molecule has 0 saturated heterocycles. The van der Waals surface area contributed by atoms with E-state index in [1.54, 1.807) is 0 Å². The number of alkyl carbamates (subject to hydrolysis) is 1. The van der Waals surface area contributed by atoms with Crippen molar-refractivity contribution in [2.24, 2.45) is 0 Å². The lowest BCUT2D eigenvalue weighted by Crippen LogP contribution is -2.27. The Kier molecular flexibility index (Phi) is 3.68. The SMILES string of the molecule is O=C(N[C@@H]1C[C@H]1c1ccccc1)OCc1ccccc1. The topological polar surface area (TPSA) is 38.3 Å². The first kappa shape index (κ1) is 12.7. The van der Waals surface area contributed by atoms with Gasteiger partial charge in [0.05, 0.1) is 0 Å². The number of carbonyl (C=O) groups is 1. The van der Waals surface area contributed by atoms with Gasteiger partial charge in [0.1, 0.15) is 6.61 Å². The zero-order valence-corrected chi connectivity index (χ0v) is 11.2. The van der Waals surface area contributed by atoms with Crippen molar-refractivity contribution in [1.29, 1.82) is 0 Å². The van der Waals surface area contributed by atoms with Gasteiger partial charge in [0.25, 0.3) is 0 Å². The van der Waals surface area contributed by atoms with E-state index in [9.17, 15) is 4.79 Å². The first-order chi connectivity index (χ1) is 9.83. The number of hydrogen-bond acceptors (Lipinski definition) is 2. The molecule has 3 rings (SSSR count). The smallest absolute Gasteiger partial charge is 0.407 e. The molecule has 1 N–H and O–H groups in total. The Morgan fingerprint density at radius 1 is 1.05 bits per heavy atom. The minimum Gasteiger partial charge on any atom is -0.445 e. The van der Waals surface area contributed by atoms with Gasteiger partial charge in [-0.1, -0.05) is 60.7 Å². The fourth-order valence-corrected chi connectivity index (χ4v) is 2.34. The summed E-state index contributed by atoms with van der Waals surface area (Å²) in [5, 5.41) is 2.91. The van der Waals surface area contributed by atoms with E-state index in [1.165, 1.54) is 5.56 Å². The van der Waals surface area contributed by atoms with E-state index in [4.69, 9.17) is 4.74 Å². The third-order valence-electron chi connectivity index (χ3n) is 3.53. The fourth-order valence-electron chi connectivity index (χ4n) is 2.34. The van der Waals surface area contributed by atoms with Crippen LogP contribution in [0, 0.1) is 0 Å². The summed E-state index contributed by atoms with van der Waals surface area (Å²) in [5.41, 5.74) is 2.28. The third-order valence-corrected chi connectivity index (χ3v) is 3.53. The molecule has 0 aliphatic heterocycles. The second kappa shape index (κ2) is 5.78. The largest absolute Gasteiger partial charge is 0.445 e. The predicted octanol–water partition coefficient (Wildman–Crippen LogP) is 3.47. The number of nitrogens with one attached hydrogen (secondary N) is 1. The quantitative estimate of drug-likeness (QED) is 0.921. The Bertz CT molecular complexity index is 568. The van der Waals surface area contributed by atoms with Gasteiger partial charge in [0, 0.05) is 12.0 Å². The molecule has 2 aromatic carbocycles. The van der Waals surface area contributed by atoms with Gasteiger partial charge in [-0.05, 0) is 17.5 Å². The molecule has 1 saturated carbocycles. The summed E-state index contributed by atoms with van der Waals surface area (Å²) >= 11 is 0. The summed E-state index contributed by atoms with van der Waals surface area (Å²) in [6, 6.07) is 20.2. The predicted molar refractivity (Wildman–Crippen MR) is 77.4 cm³/mol. The zero-order chi connectivity index (χ0) is 13.8. The second-order valence-electron chi connectivity index (χ2n) is 5.07. The van der Waals surface area contributed by atoms with Crippen LogP contribution in [0.25, 0.3) is 0 Å². The van der Waals surface area contributed by atoms with Crippen molar-refractivity contribution in [3.8, 4) is 0 Å². The zero-order valence-electron chi connectivity index (χ0n) is 11.2. The molecule has 0 heterocycles. The van der Waals surface area contributed by atoms with Crippen LogP contribution in [0.1, 0.15) is 23.5 Å². The monoisotopic (exact) mass is 267 g/mol. The Balaban J connectivity index is 1.45. The Morgan fingerprint density at radius 3 is 2.40 bits per heavy atom. The highest BCUT2D eigenvalue weighted by atomic mass is 16.5. The number of amides is 1. The molecule has 0 radical (unpaired) electrons. The lowest BCUT2D eigenvalue weighted by atomic mass is 10.1. The Labute approximate surface area is 118 Å². The van der Waals surface area contributed by atoms with E-state index in [1.807, 2.05) is 48.5 Å². The molecule has 1 amide bonds. The lowest BCUT2D eigenvalue weighted by Gasteiger charge is -2.07. The minimum absolute atomic E-state index is 0.209. The Hall–Kier alpha value is -2.29. The van der Waals surface area contributed by atoms with Gasteiger partial charge in [0.15, 0.2) is 0 Å². The maximum atomic E-state index is 11.7. The number of hydrogen-bond donors (Lipinski definition) is 1. The molecular weight excluding hydrogens is 250 g/mol. The van der Waals surface area contributed by atoms with Crippen LogP contribution >= 0.6 is 0 Å². The van der Waals surface area contributed by atoms with Gasteiger partial charge in [-0.15, -0.1) is 0 Å². The molecule has 3 heteroatoms. The molecule has 1 aliphatic rings. The summed E-state index contributed by atoms with van der Waals surface area (Å²) in [4.78, 5) is 11.7. The maximum Gasteiger partial charge on any atom is 0.407 e. The molecular formula is C17H17NO2. The molecule has 1 fully saturated rings. The fraction of sp³-hybridized carbons (Fsp3) is 0.235. The molecule has 3 nitrogen and oxygen atoms in total. The first-order valence-corrected chi connectivity index (χ1v) is 6.85. The summed E-state index contributed by atoms with van der Waals surface area (Å²) in [5.74, 6) is 0.431. The van der Waals surface area contributed by atoms with Gasteiger partial charge in [0.2, 0.25) is 0 Å². The molecule has 0 unspecified atom stereocenters. The number of benzene rings is 2. The minimum atomic E-state index is -0.336. The molecule has 2 atom stereocenters. The van der Waals surface area contributed by atoms with Crippen LogP contribution in [0.4, 0.5) is 4.79 Å². The van der Waals surface area contributed by atoms with Crippen molar-refractivity contribution < 1.29 is 9.53 Å². The van der Waals surface area contributed by atoms with Crippen LogP contribution < -0.4 is 5.32 Å². The molecule has 1 aliphatic carbocycles. The highest BCUT2D eigenvalue weighted by Crippen LogP contribution is 2.40. The van der Waals surface area contributed by atoms with Gasteiger partial charge < -0.3 is 10.1 Å². The summed E-state index contributed by atoms with van der Waals surface area (Å²) in [6.45, 7) is 0.315. The lowest BCUT2D eigenvalue weighted by molar-refractivity contribution is 0.139. The molecule has 0 spiro atoms. The average molecular weight is 267 g/mol. The van der Waals surface area contributed by atoms with Gasteiger partial charge in [-0.3, -0.25) is 0 Å². The second-order valence-corrected chi connectivity index (χ2v) is 5.07. The number of ether oxygens (including phenoxy) is 1. The van der Waals surface area contributed by atoms with E-state index in [2.05, 4.69) is 17.4 Å². The normalized spacial score (nSPS) is 20.2. The number of carbonyl (C=O) groups excluding carboxylic acids is 1. The van der Waals surface area contributed by atoms with E-state index in [0.717, 1.165) is 12.0 Å². The van der Waals surface area contributed by atoms with Gasteiger partial charge in [-0.25, -0.2) is 4.79 Å². The van der Waals surface area contributed by atoms with Crippen LogP contribution in [0.5, 0.6) is 0 Å². The Morgan fingerprint density at radius 2 is 1.70 bits per heavy atom. The maximum absolute atomic E-state index is 11.7. The van der Waals surface area contributed by atoms with Crippen LogP contribution in [0.2, 0.25) is 0 Å². The molecule has 20 heavy (non-hydrogen) atoms. The molecule has 2 aromatic rings. The van der Waals surface area contributed by atoms with Crippen molar-refractivity contribution in [3.63, 3.8) is 0 Å². The van der Waals surface area contributed by atoms with E-state index in [-0.39, 0.29) is 12.1 Å². The van der Waals surface area contributed by atoms with Gasteiger partial charge in [-0.2, -0.15) is 0 Å². The summed E-state index contributed by atoms with van der Waals surface area (Å²) < 4.78 is 5.21. The number of rotatable bonds is 4. The molecule has 102 valence electrons. The highest BCUT2D eigenvalue weighted by Gasteiger charge is 2.39. The van der Waals surface area contributed by atoms with Crippen molar-refractivity contribution >= 4 is 6.09 Å². The van der Waals surface area contributed by atoms with Crippen molar-refractivity contribution in [3.05, 3.63) is 71.8 Å². The summed E-state index contributed by atoms with van der Waals surface area (Å²) in [6.07, 6.45) is 0.655. The van der Waals surface area contributed by atoms with Crippen molar-refractivity contribution in [2.45, 2.75) is 25.0 Å². The van der Waals surface area contributed by atoms with Crippen LogP contribution in [0.3, 0.4) is 0 Å². The van der Waals surface area contributed by atoms with Crippen molar-refractivity contribution in [1.82, 2.24) is 5.32 Å².